The van der Waals surface area contributed by atoms with Crippen molar-refractivity contribution in [1.29, 1.82) is 0 Å². The number of aliphatic carboxylic acids is 1. The van der Waals surface area contributed by atoms with Crippen LogP contribution in [0.2, 0.25) is 0 Å². The quantitative estimate of drug-likeness (QED) is 0.690. The molecule has 0 spiro atoms. The number of amides is 2. The van der Waals surface area contributed by atoms with Gasteiger partial charge in [-0.3, -0.25) is 4.79 Å². The Morgan fingerprint density at radius 2 is 2.13 bits per heavy atom. The van der Waals surface area contributed by atoms with Gasteiger partial charge in [0, 0.05) is 19.6 Å². The normalized spacial score (nSPS) is 14.7. The number of hydrogen-bond donors (Lipinski definition) is 2. The molecule has 1 fully saturated rings. The molecule has 2 N–H and O–H groups in total. The molecule has 5 nitrogen and oxygen atoms in total. The van der Waals surface area contributed by atoms with Crippen molar-refractivity contribution in [2.45, 2.75) is 26.2 Å². The van der Waals surface area contributed by atoms with Crippen LogP contribution in [0.3, 0.4) is 0 Å². The highest BCUT2D eigenvalue weighted by Gasteiger charge is 2.25. The number of nitrogens with zero attached hydrogens (tertiary/aromatic N) is 1. The summed E-state index contributed by atoms with van der Waals surface area (Å²) >= 11 is 0. The first kappa shape index (κ1) is 11.8. The van der Waals surface area contributed by atoms with Crippen molar-refractivity contribution in [3.05, 3.63) is 0 Å². The topological polar surface area (TPSA) is 69.6 Å². The lowest BCUT2D eigenvalue weighted by molar-refractivity contribution is -0.136. The highest BCUT2D eigenvalue weighted by Crippen LogP contribution is 2.29. The lowest BCUT2D eigenvalue weighted by atomic mass is 10.4. The number of carboxylic acid groups (broad SMARTS) is 1. The van der Waals surface area contributed by atoms with E-state index in [0.29, 0.717) is 12.5 Å². The van der Waals surface area contributed by atoms with Gasteiger partial charge in [-0.15, -0.1) is 0 Å². The van der Waals surface area contributed by atoms with Crippen molar-refractivity contribution < 1.29 is 14.7 Å². The van der Waals surface area contributed by atoms with Crippen molar-refractivity contribution in [3.63, 3.8) is 0 Å². The van der Waals surface area contributed by atoms with E-state index in [2.05, 4.69) is 5.32 Å². The Kier molecular flexibility index (Phi) is 4.39. The first-order valence-corrected chi connectivity index (χ1v) is 5.38. The standard InChI is InChI=1S/C10H18N2O3/c1-2-12(7-8-3-4-8)10(15)11-6-5-9(13)14/h8H,2-7H2,1H3,(H,11,15)(H,13,14). The summed E-state index contributed by atoms with van der Waals surface area (Å²) in [5, 5.41) is 11.0. The van der Waals surface area contributed by atoms with Gasteiger partial charge in [0.15, 0.2) is 0 Å². The summed E-state index contributed by atoms with van der Waals surface area (Å²) in [6.07, 6.45) is 2.39. The Labute approximate surface area is 89.4 Å². The molecule has 1 saturated carbocycles. The Bertz CT molecular complexity index is 239. The van der Waals surface area contributed by atoms with E-state index in [1.54, 1.807) is 4.90 Å². The first-order valence-electron chi connectivity index (χ1n) is 5.38. The van der Waals surface area contributed by atoms with Gasteiger partial charge in [0.25, 0.3) is 0 Å². The van der Waals surface area contributed by atoms with Crippen molar-refractivity contribution in [3.8, 4) is 0 Å². The van der Waals surface area contributed by atoms with Crippen LogP contribution in [-0.2, 0) is 4.79 Å². The molecule has 0 aliphatic heterocycles. The van der Waals surface area contributed by atoms with Gasteiger partial charge in [-0.2, -0.15) is 0 Å². The van der Waals surface area contributed by atoms with E-state index in [9.17, 15) is 9.59 Å². The number of carbonyl (C=O) groups is 2. The molecule has 0 radical (unpaired) electrons. The molecule has 5 heteroatoms. The Balaban J connectivity index is 2.19. The predicted molar refractivity (Wildman–Crippen MR) is 55.6 cm³/mol. The summed E-state index contributed by atoms with van der Waals surface area (Å²) in [5.74, 6) is -0.226. The van der Waals surface area contributed by atoms with Crippen LogP contribution in [0.4, 0.5) is 4.79 Å². The maximum atomic E-state index is 11.5. The average molecular weight is 214 g/mol. The number of carboxylic acids is 1. The van der Waals surface area contributed by atoms with Crippen molar-refractivity contribution in [2.75, 3.05) is 19.6 Å². The Hall–Kier alpha value is -1.26. The van der Waals surface area contributed by atoms with E-state index in [1.165, 1.54) is 12.8 Å². The lowest BCUT2D eigenvalue weighted by Crippen LogP contribution is -2.41. The maximum absolute atomic E-state index is 11.5. The molecule has 0 saturated heterocycles. The molecule has 0 unspecified atom stereocenters. The first-order chi connectivity index (χ1) is 7.13. The summed E-state index contributed by atoms with van der Waals surface area (Å²) in [5.41, 5.74) is 0. The van der Waals surface area contributed by atoms with Gasteiger partial charge in [0.05, 0.1) is 6.42 Å². The molecule has 0 bridgehead atoms. The minimum Gasteiger partial charge on any atom is -0.481 e. The lowest BCUT2D eigenvalue weighted by Gasteiger charge is -2.20. The third kappa shape index (κ3) is 4.67. The van der Waals surface area contributed by atoms with Gasteiger partial charge in [0.1, 0.15) is 0 Å². The highest BCUT2D eigenvalue weighted by atomic mass is 16.4. The third-order valence-corrected chi connectivity index (χ3v) is 2.46. The number of hydrogen-bond acceptors (Lipinski definition) is 2. The molecule has 0 atom stereocenters. The van der Waals surface area contributed by atoms with Gasteiger partial charge >= 0.3 is 12.0 Å². The van der Waals surface area contributed by atoms with Crippen LogP contribution in [0.15, 0.2) is 0 Å². The van der Waals surface area contributed by atoms with Crippen LogP contribution < -0.4 is 5.32 Å². The molecule has 0 aromatic heterocycles. The SMILES string of the molecule is CCN(CC1CC1)C(=O)NCCC(=O)O. The van der Waals surface area contributed by atoms with Crippen LogP contribution in [0.25, 0.3) is 0 Å². The molecule has 1 rings (SSSR count). The summed E-state index contributed by atoms with van der Waals surface area (Å²) < 4.78 is 0. The summed E-state index contributed by atoms with van der Waals surface area (Å²) in [6, 6.07) is -0.148. The Morgan fingerprint density at radius 3 is 2.60 bits per heavy atom. The maximum Gasteiger partial charge on any atom is 0.317 e. The second kappa shape index (κ2) is 5.58. The minimum absolute atomic E-state index is 0.0211. The van der Waals surface area contributed by atoms with Crippen LogP contribution in [-0.4, -0.2) is 41.6 Å². The Morgan fingerprint density at radius 1 is 1.47 bits per heavy atom. The second-order valence-corrected chi connectivity index (χ2v) is 3.86. The van der Waals surface area contributed by atoms with Gasteiger partial charge in [-0.05, 0) is 25.7 Å². The third-order valence-electron chi connectivity index (χ3n) is 2.46. The van der Waals surface area contributed by atoms with Crippen molar-refractivity contribution in [2.24, 2.45) is 5.92 Å². The van der Waals surface area contributed by atoms with Crippen LogP contribution in [0.5, 0.6) is 0 Å². The van der Waals surface area contributed by atoms with E-state index in [1.807, 2.05) is 6.92 Å². The van der Waals surface area contributed by atoms with Gasteiger partial charge in [-0.25, -0.2) is 4.79 Å². The molecule has 2 amide bonds. The van der Waals surface area contributed by atoms with E-state index >= 15 is 0 Å². The minimum atomic E-state index is -0.888. The van der Waals surface area contributed by atoms with Gasteiger partial charge in [0.2, 0.25) is 0 Å². The van der Waals surface area contributed by atoms with Crippen LogP contribution >= 0.6 is 0 Å². The predicted octanol–water partition coefficient (Wildman–Crippen LogP) is 0.903. The van der Waals surface area contributed by atoms with Gasteiger partial charge in [-0.1, -0.05) is 0 Å². The number of nitrogens with one attached hydrogen (secondary N) is 1. The fourth-order valence-electron chi connectivity index (χ4n) is 1.36. The fourth-order valence-corrected chi connectivity index (χ4v) is 1.36. The molecule has 1 aliphatic carbocycles. The molecule has 86 valence electrons. The zero-order valence-corrected chi connectivity index (χ0v) is 9.03. The molecule has 15 heavy (non-hydrogen) atoms. The summed E-state index contributed by atoms with van der Waals surface area (Å²) in [6.45, 7) is 3.61. The number of carbonyl (C=O) groups excluding carboxylic acids is 1. The molecule has 1 aliphatic rings. The monoisotopic (exact) mass is 214 g/mol. The second-order valence-electron chi connectivity index (χ2n) is 3.86. The van der Waals surface area contributed by atoms with Gasteiger partial charge < -0.3 is 15.3 Å². The summed E-state index contributed by atoms with van der Waals surface area (Å²) in [4.78, 5) is 23.5. The number of rotatable bonds is 6. The zero-order valence-electron chi connectivity index (χ0n) is 9.03. The highest BCUT2D eigenvalue weighted by molar-refractivity contribution is 5.75. The van der Waals surface area contributed by atoms with E-state index in [0.717, 1.165) is 6.54 Å². The molecule has 0 heterocycles. The number of urea groups is 1. The van der Waals surface area contributed by atoms with E-state index in [4.69, 9.17) is 5.11 Å². The molecular formula is C10H18N2O3. The zero-order chi connectivity index (χ0) is 11.3. The largest absolute Gasteiger partial charge is 0.481 e. The fraction of sp³-hybridized carbons (Fsp3) is 0.800. The molecule has 0 aromatic carbocycles. The van der Waals surface area contributed by atoms with Crippen LogP contribution in [0.1, 0.15) is 26.2 Å². The smallest absolute Gasteiger partial charge is 0.317 e. The van der Waals surface area contributed by atoms with Crippen molar-refractivity contribution >= 4 is 12.0 Å². The van der Waals surface area contributed by atoms with Crippen LogP contribution in [0, 0.1) is 5.92 Å². The molecular weight excluding hydrogens is 196 g/mol. The van der Waals surface area contributed by atoms with Crippen molar-refractivity contribution in [1.82, 2.24) is 10.2 Å². The summed E-state index contributed by atoms with van der Waals surface area (Å²) in [7, 11) is 0. The van der Waals surface area contributed by atoms with E-state index < -0.39 is 5.97 Å². The van der Waals surface area contributed by atoms with E-state index in [-0.39, 0.29) is 19.0 Å². The molecule has 0 aromatic rings. The average Bonchev–Trinajstić information content (AvgIpc) is 2.96.